The Kier molecular flexibility index (Phi) is 8.83. The van der Waals surface area contributed by atoms with Crippen LogP contribution in [0, 0.1) is 5.92 Å². The first-order valence-electron chi connectivity index (χ1n) is 9.83. The second-order valence-electron chi connectivity index (χ2n) is 7.71. The van der Waals surface area contributed by atoms with Crippen LogP contribution in [-0.4, -0.2) is 76.7 Å². The zero-order chi connectivity index (χ0) is 22.4. The van der Waals surface area contributed by atoms with Crippen molar-refractivity contribution in [3.05, 3.63) is 0 Å². The fraction of sp³-hybridized carbons (Fsp3) is 0.722. The number of rotatable bonds is 3. The van der Waals surface area contributed by atoms with Crippen LogP contribution in [0.3, 0.4) is 0 Å². The summed E-state index contributed by atoms with van der Waals surface area (Å²) in [5.41, 5.74) is 5.42. The molecule has 10 nitrogen and oxygen atoms in total. The number of nitrogens with one attached hydrogen (secondary N) is 3. The number of primary amides is 1. The topological polar surface area (TPSA) is 151 Å². The van der Waals surface area contributed by atoms with Crippen LogP contribution < -0.4 is 21.7 Å². The van der Waals surface area contributed by atoms with E-state index in [2.05, 4.69) is 16.0 Å². The first kappa shape index (κ1) is 24.3. The molecule has 12 heteroatoms. The Hall–Kier alpha value is -1.95. The third kappa shape index (κ3) is 6.27. The lowest BCUT2D eigenvalue weighted by molar-refractivity contribution is -0.141. The van der Waals surface area contributed by atoms with Gasteiger partial charge in [0.2, 0.25) is 29.5 Å². The molecule has 2 saturated heterocycles. The zero-order valence-electron chi connectivity index (χ0n) is 17.3. The normalized spacial score (nSPS) is 28.9. The van der Waals surface area contributed by atoms with Crippen molar-refractivity contribution in [2.24, 2.45) is 11.7 Å². The molecule has 0 bridgehead atoms. The minimum absolute atomic E-state index is 0.192. The van der Waals surface area contributed by atoms with Crippen LogP contribution in [0.2, 0.25) is 0 Å². The lowest BCUT2D eigenvalue weighted by Crippen LogP contribution is -2.59. The van der Waals surface area contributed by atoms with Crippen molar-refractivity contribution in [2.45, 2.75) is 57.8 Å². The predicted molar refractivity (Wildman–Crippen MR) is 115 cm³/mol. The van der Waals surface area contributed by atoms with Crippen LogP contribution in [0.5, 0.6) is 0 Å². The molecule has 0 radical (unpaired) electrons. The molecule has 0 aromatic rings. The highest BCUT2D eigenvalue weighted by molar-refractivity contribution is 8.76. The highest BCUT2D eigenvalue weighted by Gasteiger charge is 2.39. The predicted octanol–water partition coefficient (Wildman–Crippen LogP) is -1.01. The Morgan fingerprint density at radius 1 is 1.13 bits per heavy atom. The van der Waals surface area contributed by atoms with E-state index in [1.807, 2.05) is 0 Å². The average molecular weight is 460 g/mol. The number of nitrogens with zero attached hydrogens (tertiary/aromatic N) is 1. The molecule has 5 N–H and O–H groups in total. The summed E-state index contributed by atoms with van der Waals surface area (Å²) in [7, 11) is 2.57. The van der Waals surface area contributed by atoms with Gasteiger partial charge in [-0.15, -0.1) is 0 Å². The molecule has 0 saturated carbocycles. The molecule has 0 aromatic heterocycles. The van der Waals surface area contributed by atoms with Gasteiger partial charge in [0.25, 0.3) is 0 Å². The van der Waals surface area contributed by atoms with Gasteiger partial charge >= 0.3 is 0 Å². The molecule has 2 aliphatic heterocycles. The van der Waals surface area contributed by atoms with E-state index in [1.165, 1.54) is 33.4 Å². The van der Waals surface area contributed by atoms with Crippen LogP contribution >= 0.6 is 21.6 Å². The van der Waals surface area contributed by atoms with Gasteiger partial charge in [0.05, 0.1) is 0 Å². The van der Waals surface area contributed by atoms with E-state index >= 15 is 0 Å². The summed E-state index contributed by atoms with van der Waals surface area (Å²) >= 11 is 0. The molecule has 2 rings (SSSR count). The SMILES string of the molecule is CC(=O)N[C@H]1CSSC[C@@H](C(N)=O)NC(=O)[C@@H](C(C)C)NC(=O)[C@@H]2CCCN2C1=O. The molecule has 0 unspecified atom stereocenters. The first-order valence-corrected chi connectivity index (χ1v) is 12.3. The van der Waals surface area contributed by atoms with Gasteiger partial charge in [-0.05, 0) is 18.8 Å². The maximum atomic E-state index is 13.1. The molecule has 2 fully saturated rings. The van der Waals surface area contributed by atoms with Gasteiger partial charge in [-0.1, -0.05) is 35.4 Å². The number of amides is 5. The van der Waals surface area contributed by atoms with Crippen LogP contribution in [0.15, 0.2) is 0 Å². The minimum atomic E-state index is -0.922. The maximum Gasteiger partial charge on any atom is 0.246 e. The Balaban J connectivity index is 2.32. The van der Waals surface area contributed by atoms with E-state index in [9.17, 15) is 24.0 Å². The fourth-order valence-corrected chi connectivity index (χ4v) is 5.73. The Morgan fingerprint density at radius 3 is 2.40 bits per heavy atom. The second kappa shape index (κ2) is 10.9. The van der Waals surface area contributed by atoms with Crippen molar-refractivity contribution >= 4 is 51.1 Å². The van der Waals surface area contributed by atoms with Crippen molar-refractivity contribution in [1.29, 1.82) is 0 Å². The zero-order valence-corrected chi connectivity index (χ0v) is 18.9. The van der Waals surface area contributed by atoms with Gasteiger partial charge in [-0.3, -0.25) is 24.0 Å². The molecular formula is C18H29N5O5S2. The van der Waals surface area contributed by atoms with Crippen LogP contribution in [-0.2, 0) is 24.0 Å². The molecule has 4 atom stereocenters. The maximum absolute atomic E-state index is 13.1. The van der Waals surface area contributed by atoms with Crippen molar-refractivity contribution < 1.29 is 24.0 Å². The van der Waals surface area contributed by atoms with E-state index in [1.54, 1.807) is 13.8 Å². The van der Waals surface area contributed by atoms with E-state index in [-0.39, 0.29) is 29.2 Å². The Labute approximate surface area is 183 Å². The fourth-order valence-electron chi connectivity index (χ4n) is 3.40. The Morgan fingerprint density at radius 2 is 1.80 bits per heavy atom. The minimum Gasteiger partial charge on any atom is -0.368 e. The summed E-state index contributed by atoms with van der Waals surface area (Å²) in [6.07, 6.45) is 1.13. The summed E-state index contributed by atoms with van der Waals surface area (Å²) in [6.45, 7) is 5.30. The number of fused-ring (bicyclic) bond motifs is 1. The summed E-state index contributed by atoms with van der Waals surface area (Å²) in [4.78, 5) is 63.6. The van der Waals surface area contributed by atoms with Crippen molar-refractivity contribution in [3.63, 3.8) is 0 Å². The lowest BCUT2D eigenvalue weighted by Gasteiger charge is -2.31. The molecular weight excluding hydrogens is 430 g/mol. The quantitative estimate of drug-likeness (QED) is 0.395. The first-order chi connectivity index (χ1) is 14.1. The van der Waals surface area contributed by atoms with Crippen molar-refractivity contribution in [3.8, 4) is 0 Å². The number of nitrogens with two attached hydrogens (primary N) is 1. The molecule has 2 heterocycles. The van der Waals surface area contributed by atoms with Gasteiger partial charge < -0.3 is 26.6 Å². The molecule has 0 aromatic carbocycles. The van der Waals surface area contributed by atoms with E-state index in [0.29, 0.717) is 19.4 Å². The lowest BCUT2D eigenvalue weighted by atomic mass is 10.0. The smallest absolute Gasteiger partial charge is 0.246 e. The second-order valence-corrected chi connectivity index (χ2v) is 10.3. The van der Waals surface area contributed by atoms with Gasteiger partial charge in [0.1, 0.15) is 24.2 Å². The number of hydrogen-bond donors (Lipinski definition) is 4. The molecule has 0 spiro atoms. The van der Waals surface area contributed by atoms with Crippen molar-refractivity contribution in [1.82, 2.24) is 20.9 Å². The highest BCUT2D eigenvalue weighted by Crippen LogP contribution is 2.26. The number of carbonyl (C=O) groups excluding carboxylic acids is 5. The van der Waals surface area contributed by atoms with Gasteiger partial charge in [0, 0.05) is 25.0 Å². The molecule has 168 valence electrons. The molecule has 5 amide bonds. The summed E-state index contributed by atoms with van der Waals surface area (Å²) in [5, 5.41) is 8.00. The van der Waals surface area contributed by atoms with E-state index in [4.69, 9.17) is 5.73 Å². The molecule has 30 heavy (non-hydrogen) atoms. The summed E-state index contributed by atoms with van der Waals surface area (Å²) < 4.78 is 0. The van der Waals surface area contributed by atoms with Crippen molar-refractivity contribution in [2.75, 3.05) is 18.1 Å². The van der Waals surface area contributed by atoms with Crippen LogP contribution in [0.4, 0.5) is 0 Å². The average Bonchev–Trinajstić information content (AvgIpc) is 3.15. The third-order valence-corrected chi connectivity index (χ3v) is 7.40. The van der Waals surface area contributed by atoms with Crippen LogP contribution in [0.1, 0.15) is 33.6 Å². The molecule has 0 aliphatic carbocycles. The standard InChI is InChI=1S/C18H29N5O5S2/c1-9(2)14-17(27)21-11(15(19)25)7-29-30-8-12(20-10(3)24)18(28)23-6-4-5-13(23)16(26)22-14/h9,11-14H,4-8H2,1-3H3,(H2,19,25)(H,20,24)(H,21,27)(H,22,26)/t11-,12-,13-,14+/m0/s1. The monoisotopic (exact) mass is 459 g/mol. The van der Waals surface area contributed by atoms with Gasteiger partial charge in [-0.2, -0.15) is 0 Å². The summed E-state index contributed by atoms with van der Waals surface area (Å²) in [5.74, 6) is -2.07. The highest BCUT2D eigenvalue weighted by atomic mass is 33.1. The largest absolute Gasteiger partial charge is 0.368 e. The third-order valence-electron chi connectivity index (χ3n) is 4.97. The number of carbonyl (C=O) groups is 5. The molecule has 2 aliphatic rings. The van der Waals surface area contributed by atoms with Crippen LogP contribution in [0.25, 0.3) is 0 Å². The Bertz CT molecular complexity index is 704. The van der Waals surface area contributed by atoms with E-state index < -0.39 is 41.9 Å². The van der Waals surface area contributed by atoms with Gasteiger partial charge in [0.15, 0.2) is 0 Å². The van der Waals surface area contributed by atoms with Gasteiger partial charge in [-0.25, -0.2) is 0 Å². The van der Waals surface area contributed by atoms with E-state index in [0.717, 1.165) is 0 Å². The number of hydrogen-bond acceptors (Lipinski definition) is 7. The summed E-state index contributed by atoms with van der Waals surface area (Å²) in [6, 6.07) is -3.30.